The van der Waals surface area contributed by atoms with E-state index in [1.54, 1.807) is 32.2 Å². The summed E-state index contributed by atoms with van der Waals surface area (Å²) in [4.78, 5) is 13.4. The smallest absolute Gasteiger partial charge is 0.279 e. The molecule has 2 rings (SSSR count). The first-order valence-electron chi connectivity index (χ1n) is 8.60. The minimum Gasteiger partial charge on any atom is -0.463 e. The van der Waals surface area contributed by atoms with Crippen molar-refractivity contribution in [2.24, 2.45) is 0 Å². The quantitative estimate of drug-likeness (QED) is 0.679. The van der Waals surface area contributed by atoms with Crippen LogP contribution >= 0.6 is 0 Å². The van der Waals surface area contributed by atoms with E-state index in [0.29, 0.717) is 25.3 Å². The zero-order valence-corrected chi connectivity index (χ0v) is 16.2. The molecule has 1 aromatic carbocycles. The Morgan fingerprint density at radius 1 is 1.15 bits per heavy atom. The largest absolute Gasteiger partial charge is 0.463 e. The van der Waals surface area contributed by atoms with Gasteiger partial charge in [-0.15, -0.1) is 0 Å². The number of hydrogen-bond acceptors (Lipinski definition) is 4. The summed E-state index contributed by atoms with van der Waals surface area (Å²) < 4.78 is 31.6. The molecule has 0 radical (unpaired) electrons. The molecular weight excluding hydrogens is 354 g/mol. The predicted molar refractivity (Wildman–Crippen MR) is 99.3 cm³/mol. The van der Waals surface area contributed by atoms with E-state index in [1.807, 2.05) is 19.2 Å². The highest BCUT2D eigenvalue weighted by molar-refractivity contribution is 7.89. The number of hydrogen-bond donors (Lipinski definition) is 2. The Morgan fingerprint density at radius 2 is 1.81 bits per heavy atom. The number of furan rings is 1. The maximum absolute atomic E-state index is 12.5. The van der Waals surface area contributed by atoms with Gasteiger partial charge in [0.2, 0.25) is 10.0 Å². The van der Waals surface area contributed by atoms with Crippen LogP contribution in [-0.4, -0.2) is 45.3 Å². The molecule has 0 fully saturated rings. The van der Waals surface area contributed by atoms with E-state index in [9.17, 15) is 13.2 Å². The van der Waals surface area contributed by atoms with Crippen LogP contribution < -0.4 is 10.2 Å². The number of carbonyl (C=O) groups is 1. The van der Waals surface area contributed by atoms with Crippen LogP contribution in [0.3, 0.4) is 0 Å². The number of quaternary nitrogens is 1. The Bertz CT molecular complexity index is 797. The van der Waals surface area contributed by atoms with Crippen molar-refractivity contribution in [3.63, 3.8) is 0 Å². The minimum atomic E-state index is -3.49. The van der Waals surface area contributed by atoms with Crippen LogP contribution in [0.15, 0.2) is 52.0 Å². The van der Waals surface area contributed by atoms with Gasteiger partial charge in [-0.2, -0.15) is 4.31 Å². The van der Waals surface area contributed by atoms with Gasteiger partial charge in [-0.05, 0) is 36.4 Å². The van der Waals surface area contributed by atoms with Crippen molar-refractivity contribution in [2.45, 2.75) is 25.3 Å². The van der Waals surface area contributed by atoms with E-state index in [-0.39, 0.29) is 17.3 Å². The maximum Gasteiger partial charge on any atom is 0.279 e. The number of likely N-dealkylation sites (N-methyl/N-ethyl adjacent to an activating group) is 1. The molecule has 2 aromatic rings. The molecule has 7 nitrogen and oxygen atoms in total. The van der Waals surface area contributed by atoms with Crippen LogP contribution in [0.25, 0.3) is 0 Å². The standard InChI is InChI=1S/C18H25N3O4S/c1-4-21(5-2)26(23,24)17-10-8-15(9-11-17)19-18(22)14-20(3)13-16-7-6-12-25-16/h6-12H,4-5,13-14H2,1-3H3,(H,19,22)/p+1. The third kappa shape index (κ3) is 5.17. The highest BCUT2D eigenvalue weighted by Crippen LogP contribution is 2.18. The molecule has 0 saturated heterocycles. The lowest BCUT2D eigenvalue weighted by Crippen LogP contribution is -3.08. The molecule has 0 aliphatic heterocycles. The second kappa shape index (κ2) is 8.98. The fourth-order valence-electron chi connectivity index (χ4n) is 2.68. The van der Waals surface area contributed by atoms with Crippen molar-refractivity contribution in [3.8, 4) is 0 Å². The summed E-state index contributed by atoms with van der Waals surface area (Å²) >= 11 is 0. The van der Waals surface area contributed by atoms with Crippen LogP contribution in [-0.2, 0) is 21.4 Å². The van der Waals surface area contributed by atoms with Crippen molar-refractivity contribution in [3.05, 3.63) is 48.4 Å². The first-order chi connectivity index (χ1) is 12.4. The monoisotopic (exact) mass is 380 g/mol. The highest BCUT2D eigenvalue weighted by atomic mass is 32.2. The fraction of sp³-hybridized carbons (Fsp3) is 0.389. The second-order valence-corrected chi connectivity index (χ2v) is 7.99. The molecule has 26 heavy (non-hydrogen) atoms. The minimum absolute atomic E-state index is 0.145. The lowest BCUT2D eigenvalue weighted by Gasteiger charge is -2.18. The number of amides is 1. The van der Waals surface area contributed by atoms with E-state index >= 15 is 0 Å². The summed E-state index contributed by atoms with van der Waals surface area (Å²) in [6.45, 7) is 5.33. The Labute approximate surface area is 154 Å². The number of benzene rings is 1. The van der Waals surface area contributed by atoms with Crippen LogP contribution in [0, 0.1) is 0 Å². The summed E-state index contributed by atoms with van der Waals surface area (Å²) in [6.07, 6.45) is 1.61. The van der Waals surface area contributed by atoms with Crippen molar-refractivity contribution in [2.75, 3.05) is 32.0 Å². The van der Waals surface area contributed by atoms with Gasteiger partial charge in [0.25, 0.3) is 5.91 Å². The summed E-state index contributed by atoms with van der Waals surface area (Å²) in [5, 5.41) is 2.79. The van der Waals surface area contributed by atoms with Gasteiger partial charge in [0.1, 0.15) is 6.54 Å². The normalized spacial score (nSPS) is 12.9. The number of rotatable bonds is 9. The molecule has 142 valence electrons. The van der Waals surface area contributed by atoms with Crippen molar-refractivity contribution < 1.29 is 22.5 Å². The molecule has 0 aliphatic carbocycles. The van der Waals surface area contributed by atoms with Crippen LogP contribution in [0.4, 0.5) is 5.69 Å². The average Bonchev–Trinajstić information content (AvgIpc) is 3.08. The zero-order chi connectivity index (χ0) is 19.2. The van der Waals surface area contributed by atoms with E-state index in [1.165, 1.54) is 16.4 Å². The summed E-state index contributed by atoms with van der Waals surface area (Å²) in [5.74, 6) is 0.676. The van der Waals surface area contributed by atoms with E-state index in [0.717, 1.165) is 10.7 Å². The molecule has 8 heteroatoms. The SMILES string of the molecule is CCN(CC)S(=O)(=O)c1ccc(NC(=O)C[NH+](C)Cc2ccco2)cc1. The van der Waals surface area contributed by atoms with Gasteiger partial charge >= 0.3 is 0 Å². The lowest BCUT2D eigenvalue weighted by molar-refractivity contribution is -0.886. The molecule has 0 spiro atoms. The fourth-order valence-corrected chi connectivity index (χ4v) is 4.13. The first-order valence-corrected chi connectivity index (χ1v) is 10.0. The molecule has 1 heterocycles. The van der Waals surface area contributed by atoms with Crippen molar-refractivity contribution in [1.82, 2.24) is 4.31 Å². The van der Waals surface area contributed by atoms with Crippen LogP contribution in [0.1, 0.15) is 19.6 Å². The Balaban J connectivity index is 1.95. The van der Waals surface area contributed by atoms with Gasteiger partial charge in [0.15, 0.2) is 12.3 Å². The van der Waals surface area contributed by atoms with Crippen molar-refractivity contribution in [1.29, 1.82) is 0 Å². The molecule has 0 saturated carbocycles. The Kier molecular flexibility index (Phi) is 6.96. The number of nitrogens with one attached hydrogen (secondary N) is 2. The number of anilines is 1. The molecule has 2 N–H and O–H groups in total. The third-order valence-corrected chi connectivity index (χ3v) is 6.06. The average molecular weight is 380 g/mol. The lowest BCUT2D eigenvalue weighted by atomic mass is 10.3. The Morgan fingerprint density at radius 3 is 2.35 bits per heavy atom. The molecule has 1 atom stereocenters. The number of sulfonamides is 1. The second-order valence-electron chi connectivity index (χ2n) is 6.05. The number of nitrogens with zero attached hydrogens (tertiary/aromatic N) is 1. The summed E-state index contributed by atoms with van der Waals surface area (Å²) in [5.41, 5.74) is 0.569. The zero-order valence-electron chi connectivity index (χ0n) is 15.4. The maximum atomic E-state index is 12.5. The summed E-state index contributed by atoms with van der Waals surface area (Å²) in [6, 6.07) is 9.94. The van der Waals surface area contributed by atoms with Gasteiger partial charge in [-0.3, -0.25) is 4.79 Å². The predicted octanol–water partition coefficient (Wildman–Crippen LogP) is 0.964. The topological polar surface area (TPSA) is 84.1 Å². The van der Waals surface area contributed by atoms with E-state index < -0.39 is 10.0 Å². The number of carbonyl (C=O) groups excluding carboxylic acids is 1. The van der Waals surface area contributed by atoms with E-state index in [4.69, 9.17) is 4.42 Å². The molecular formula is C18H26N3O4S+. The van der Waals surface area contributed by atoms with E-state index in [2.05, 4.69) is 5.32 Å². The van der Waals surface area contributed by atoms with Crippen LogP contribution in [0.2, 0.25) is 0 Å². The van der Waals surface area contributed by atoms with Gasteiger partial charge in [0, 0.05) is 18.8 Å². The summed E-state index contributed by atoms with van der Waals surface area (Å²) in [7, 11) is -1.58. The molecule has 1 unspecified atom stereocenters. The van der Waals surface area contributed by atoms with Crippen molar-refractivity contribution >= 4 is 21.6 Å². The van der Waals surface area contributed by atoms with Gasteiger partial charge in [-0.1, -0.05) is 13.8 Å². The Hall–Kier alpha value is -2.16. The molecule has 1 amide bonds. The van der Waals surface area contributed by atoms with Gasteiger partial charge < -0.3 is 14.6 Å². The van der Waals surface area contributed by atoms with Gasteiger partial charge in [0.05, 0.1) is 18.2 Å². The van der Waals surface area contributed by atoms with Gasteiger partial charge in [-0.25, -0.2) is 8.42 Å². The first kappa shape index (κ1) is 20.2. The molecule has 1 aromatic heterocycles. The highest BCUT2D eigenvalue weighted by Gasteiger charge is 2.21. The molecule has 0 aliphatic rings. The van der Waals surface area contributed by atoms with Crippen LogP contribution in [0.5, 0.6) is 0 Å². The third-order valence-electron chi connectivity index (χ3n) is 4.00. The molecule has 0 bridgehead atoms.